The van der Waals surface area contributed by atoms with Crippen LogP contribution in [0, 0.1) is 0 Å². The summed E-state index contributed by atoms with van der Waals surface area (Å²) >= 11 is 0. The molecule has 0 saturated carbocycles. The van der Waals surface area contributed by atoms with Crippen molar-refractivity contribution in [2.45, 2.75) is 9.79 Å². The molecule has 1 fully saturated rings. The van der Waals surface area contributed by atoms with E-state index in [2.05, 4.69) is 5.32 Å². The fraction of sp³-hybridized carbons (Fsp3) is 0.240. The van der Waals surface area contributed by atoms with E-state index in [1.54, 1.807) is 48.5 Å². The van der Waals surface area contributed by atoms with E-state index in [1.165, 1.54) is 41.7 Å². The lowest BCUT2D eigenvalue weighted by Crippen LogP contribution is -2.40. The van der Waals surface area contributed by atoms with Crippen LogP contribution >= 0.6 is 0 Å². The minimum absolute atomic E-state index is 0.0370. The lowest BCUT2D eigenvalue weighted by Gasteiger charge is -2.27. The number of hydrogen-bond donors (Lipinski definition) is 1. The summed E-state index contributed by atoms with van der Waals surface area (Å²) in [6.07, 6.45) is 0. The number of hydrogen-bond acceptors (Lipinski definition) is 7. The quantitative estimate of drug-likeness (QED) is 0.439. The maximum absolute atomic E-state index is 13.4. The molecule has 0 aliphatic carbocycles. The second kappa shape index (κ2) is 11.3. The molecule has 0 radical (unpaired) electrons. The highest BCUT2D eigenvalue weighted by atomic mass is 32.2. The van der Waals surface area contributed by atoms with E-state index in [1.807, 2.05) is 0 Å². The maximum Gasteiger partial charge on any atom is 0.264 e. The number of para-hydroxylation sites is 1. The van der Waals surface area contributed by atoms with Gasteiger partial charge in [0.05, 0.1) is 30.9 Å². The number of nitrogens with zero attached hydrogens (tertiary/aromatic N) is 2. The van der Waals surface area contributed by atoms with Gasteiger partial charge in [0.2, 0.25) is 15.9 Å². The second-order valence-electron chi connectivity index (χ2n) is 8.09. The van der Waals surface area contributed by atoms with Crippen molar-refractivity contribution in [1.29, 1.82) is 0 Å². The average molecular weight is 546 g/mol. The standard InChI is InChI=1S/C25H27N3O7S2/c1-34-23-13-12-20(18-24(23)37(32,33)27-14-16-35-17-15-27)26-25(29)19-28(21-8-4-2-5-9-21)36(30,31)22-10-6-3-7-11-22/h2-13,18H,14-17,19H2,1H3,(H,26,29). The fourth-order valence-corrected chi connectivity index (χ4v) is 6.87. The van der Waals surface area contributed by atoms with Gasteiger partial charge in [-0.2, -0.15) is 4.31 Å². The number of carbonyl (C=O) groups excluding carboxylic acids is 1. The molecule has 196 valence electrons. The monoisotopic (exact) mass is 545 g/mol. The summed E-state index contributed by atoms with van der Waals surface area (Å²) < 4.78 is 66.1. The van der Waals surface area contributed by atoms with E-state index in [9.17, 15) is 21.6 Å². The summed E-state index contributed by atoms with van der Waals surface area (Å²) in [5.41, 5.74) is 0.495. The van der Waals surface area contributed by atoms with E-state index in [-0.39, 0.29) is 47.5 Å². The summed E-state index contributed by atoms with van der Waals surface area (Å²) in [7, 11) is -6.62. The van der Waals surface area contributed by atoms with E-state index in [4.69, 9.17) is 9.47 Å². The second-order valence-corrected chi connectivity index (χ2v) is 11.9. The first kappa shape index (κ1) is 26.6. The first-order chi connectivity index (χ1) is 17.7. The first-order valence-electron chi connectivity index (χ1n) is 11.4. The zero-order valence-electron chi connectivity index (χ0n) is 20.1. The largest absolute Gasteiger partial charge is 0.495 e. The lowest BCUT2D eigenvalue weighted by molar-refractivity contribution is -0.114. The Morgan fingerprint density at radius 3 is 2.19 bits per heavy atom. The van der Waals surface area contributed by atoms with Crippen molar-refractivity contribution >= 4 is 37.3 Å². The first-order valence-corrected chi connectivity index (χ1v) is 14.3. The molecule has 0 aromatic heterocycles. The Morgan fingerprint density at radius 1 is 0.946 bits per heavy atom. The lowest BCUT2D eigenvalue weighted by atomic mass is 10.3. The van der Waals surface area contributed by atoms with Gasteiger partial charge in [-0.15, -0.1) is 0 Å². The van der Waals surface area contributed by atoms with Crippen LogP contribution in [0.4, 0.5) is 11.4 Å². The average Bonchev–Trinajstić information content (AvgIpc) is 2.93. The maximum atomic E-state index is 13.4. The third-order valence-electron chi connectivity index (χ3n) is 5.70. The molecule has 12 heteroatoms. The molecule has 10 nitrogen and oxygen atoms in total. The van der Waals surface area contributed by atoms with Gasteiger partial charge in [0, 0.05) is 18.8 Å². The minimum atomic E-state index is -4.06. The predicted molar refractivity (Wildman–Crippen MR) is 139 cm³/mol. The van der Waals surface area contributed by atoms with Crippen molar-refractivity contribution in [3.63, 3.8) is 0 Å². The number of carbonyl (C=O) groups is 1. The molecule has 1 amide bonds. The molecule has 0 spiro atoms. The molecule has 37 heavy (non-hydrogen) atoms. The van der Waals surface area contributed by atoms with Gasteiger partial charge < -0.3 is 14.8 Å². The van der Waals surface area contributed by atoms with Crippen LogP contribution in [-0.2, 0) is 29.6 Å². The van der Waals surface area contributed by atoms with Gasteiger partial charge in [0.25, 0.3) is 10.0 Å². The summed E-state index contributed by atoms with van der Waals surface area (Å²) in [4.78, 5) is 13.0. The topological polar surface area (TPSA) is 122 Å². The number of methoxy groups -OCH3 is 1. The van der Waals surface area contributed by atoms with E-state index in [0.717, 1.165) is 4.31 Å². The van der Waals surface area contributed by atoms with Gasteiger partial charge >= 0.3 is 0 Å². The highest BCUT2D eigenvalue weighted by molar-refractivity contribution is 7.92. The molecular formula is C25H27N3O7S2. The number of sulfonamides is 2. The Morgan fingerprint density at radius 2 is 1.57 bits per heavy atom. The highest BCUT2D eigenvalue weighted by Gasteiger charge is 2.30. The van der Waals surface area contributed by atoms with Gasteiger partial charge in [-0.25, -0.2) is 16.8 Å². The van der Waals surface area contributed by atoms with E-state index >= 15 is 0 Å². The van der Waals surface area contributed by atoms with Gasteiger partial charge in [0.1, 0.15) is 17.2 Å². The molecule has 1 saturated heterocycles. The van der Waals surface area contributed by atoms with Crippen molar-refractivity contribution in [3.05, 3.63) is 78.9 Å². The van der Waals surface area contributed by atoms with Crippen molar-refractivity contribution in [2.75, 3.05) is 49.6 Å². The SMILES string of the molecule is COc1ccc(NC(=O)CN(c2ccccc2)S(=O)(=O)c2ccccc2)cc1S(=O)(=O)N1CCOCC1. The number of morpholine rings is 1. The number of ether oxygens (including phenoxy) is 2. The van der Waals surface area contributed by atoms with Crippen LogP contribution in [0.2, 0.25) is 0 Å². The minimum Gasteiger partial charge on any atom is -0.495 e. The zero-order valence-corrected chi connectivity index (χ0v) is 21.7. The van der Waals surface area contributed by atoms with E-state index in [0.29, 0.717) is 5.69 Å². The van der Waals surface area contributed by atoms with Crippen molar-refractivity contribution in [3.8, 4) is 5.75 Å². The van der Waals surface area contributed by atoms with Crippen LogP contribution in [0.5, 0.6) is 5.75 Å². The van der Waals surface area contributed by atoms with Crippen LogP contribution in [0.1, 0.15) is 0 Å². The van der Waals surface area contributed by atoms with Crippen molar-refractivity contribution < 1.29 is 31.1 Å². The molecule has 1 heterocycles. The molecule has 1 aliphatic rings. The number of amides is 1. The fourth-order valence-electron chi connectivity index (χ4n) is 3.84. The zero-order chi connectivity index (χ0) is 26.5. The Hall–Kier alpha value is -3.45. The molecular weight excluding hydrogens is 518 g/mol. The molecule has 0 unspecified atom stereocenters. The summed E-state index contributed by atoms with van der Waals surface area (Å²) in [5, 5.41) is 2.62. The highest BCUT2D eigenvalue weighted by Crippen LogP contribution is 2.30. The third-order valence-corrected chi connectivity index (χ3v) is 9.41. The van der Waals surface area contributed by atoms with Crippen LogP contribution in [0.15, 0.2) is 88.7 Å². The van der Waals surface area contributed by atoms with Gasteiger partial charge in [-0.1, -0.05) is 36.4 Å². The van der Waals surface area contributed by atoms with Crippen molar-refractivity contribution in [1.82, 2.24) is 4.31 Å². The number of benzene rings is 3. The molecule has 0 bridgehead atoms. The molecule has 0 atom stereocenters. The summed E-state index contributed by atoms with van der Waals surface area (Å²) in [6.45, 7) is 0.433. The van der Waals surface area contributed by atoms with Gasteiger partial charge in [-0.3, -0.25) is 9.10 Å². The Labute approximate surface area is 216 Å². The third kappa shape index (κ3) is 5.93. The van der Waals surface area contributed by atoms with Crippen LogP contribution in [0.3, 0.4) is 0 Å². The number of rotatable bonds is 9. The molecule has 4 rings (SSSR count). The summed E-state index contributed by atoms with van der Waals surface area (Å²) in [5.74, 6) is -0.523. The van der Waals surface area contributed by atoms with Gasteiger partial charge in [0.15, 0.2) is 0 Å². The molecule has 1 aliphatic heterocycles. The molecule has 1 N–H and O–H groups in total. The molecule has 3 aromatic carbocycles. The van der Waals surface area contributed by atoms with Crippen LogP contribution in [0.25, 0.3) is 0 Å². The Kier molecular flexibility index (Phi) is 8.13. The smallest absolute Gasteiger partial charge is 0.264 e. The molecule has 3 aromatic rings. The van der Waals surface area contributed by atoms with E-state index < -0.39 is 32.5 Å². The normalized spacial score (nSPS) is 14.6. The number of nitrogens with one attached hydrogen (secondary N) is 1. The number of anilines is 2. The summed E-state index contributed by atoms with van der Waals surface area (Å²) in [6, 6.07) is 20.3. The Balaban J connectivity index is 1.61. The Bertz CT molecular complexity index is 1440. The van der Waals surface area contributed by atoms with Crippen LogP contribution in [-0.4, -0.2) is 67.0 Å². The predicted octanol–water partition coefficient (Wildman–Crippen LogP) is 2.55. The van der Waals surface area contributed by atoms with Crippen molar-refractivity contribution in [2.24, 2.45) is 0 Å². The van der Waals surface area contributed by atoms with Gasteiger partial charge in [-0.05, 0) is 42.5 Å². The van der Waals surface area contributed by atoms with Crippen LogP contribution < -0.4 is 14.4 Å².